The number of ketones is 1. The summed E-state index contributed by atoms with van der Waals surface area (Å²) in [7, 11) is 1.90. The Hall–Kier alpha value is -1.83. The van der Waals surface area contributed by atoms with Crippen molar-refractivity contribution in [1.29, 1.82) is 0 Å². The van der Waals surface area contributed by atoms with E-state index in [1.807, 2.05) is 42.1 Å². The van der Waals surface area contributed by atoms with Gasteiger partial charge < -0.3 is 4.57 Å². The minimum Gasteiger partial charge on any atom is -0.348 e. The summed E-state index contributed by atoms with van der Waals surface area (Å²) in [6, 6.07) is 9.69. The van der Waals surface area contributed by atoms with E-state index in [9.17, 15) is 4.79 Å². The SMILES string of the molecule is CCc1c(C)cccc1C(=O)c1cccn1C. The van der Waals surface area contributed by atoms with Crippen LogP contribution in [0.15, 0.2) is 36.5 Å². The Morgan fingerprint density at radius 2 is 2.00 bits per heavy atom. The molecule has 0 amide bonds. The van der Waals surface area contributed by atoms with Gasteiger partial charge in [-0.1, -0.05) is 25.1 Å². The van der Waals surface area contributed by atoms with Crippen LogP contribution in [0.25, 0.3) is 0 Å². The number of benzene rings is 1. The third kappa shape index (κ3) is 2.03. The standard InChI is InChI=1S/C15H17NO/c1-4-12-11(2)7-5-8-13(12)15(17)14-9-6-10-16(14)3/h5-10H,4H2,1-3H3. The topological polar surface area (TPSA) is 22.0 Å². The molecule has 17 heavy (non-hydrogen) atoms. The first-order valence-electron chi connectivity index (χ1n) is 5.89. The van der Waals surface area contributed by atoms with Crippen LogP contribution in [0.5, 0.6) is 0 Å². The van der Waals surface area contributed by atoms with Crippen molar-refractivity contribution in [3.05, 3.63) is 58.9 Å². The van der Waals surface area contributed by atoms with Crippen molar-refractivity contribution < 1.29 is 4.79 Å². The summed E-state index contributed by atoms with van der Waals surface area (Å²) in [5.41, 5.74) is 3.91. The fourth-order valence-electron chi connectivity index (χ4n) is 2.22. The van der Waals surface area contributed by atoms with Crippen molar-refractivity contribution in [2.75, 3.05) is 0 Å². The molecule has 2 nitrogen and oxygen atoms in total. The quantitative estimate of drug-likeness (QED) is 0.738. The van der Waals surface area contributed by atoms with Gasteiger partial charge in [0.15, 0.2) is 0 Å². The summed E-state index contributed by atoms with van der Waals surface area (Å²) in [6.45, 7) is 4.14. The third-order valence-electron chi connectivity index (χ3n) is 3.18. The van der Waals surface area contributed by atoms with E-state index in [1.54, 1.807) is 0 Å². The Bertz CT molecular complexity index is 552. The number of hydrogen-bond acceptors (Lipinski definition) is 1. The maximum absolute atomic E-state index is 12.4. The molecule has 0 aliphatic carbocycles. The van der Waals surface area contributed by atoms with Gasteiger partial charge in [0.05, 0.1) is 5.69 Å². The van der Waals surface area contributed by atoms with Crippen LogP contribution < -0.4 is 0 Å². The fourth-order valence-corrected chi connectivity index (χ4v) is 2.22. The van der Waals surface area contributed by atoms with Gasteiger partial charge in [0.25, 0.3) is 0 Å². The fraction of sp³-hybridized carbons (Fsp3) is 0.267. The molecule has 0 saturated heterocycles. The van der Waals surface area contributed by atoms with Gasteiger partial charge in [0, 0.05) is 18.8 Å². The number of rotatable bonds is 3. The maximum atomic E-state index is 12.4. The van der Waals surface area contributed by atoms with Gasteiger partial charge in [-0.25, -0.2) is 0 Å². The zero-order chi connectivity index (χ0) is 12.4. The van der Waals surface area contributed by atoms with Crippen molar-refractivity contribution in [3.63, 3.8) is 0 Å². The highest BCUT2D eigenvalue weighted by Gasteiger charge is 2.15. The Balaban J connectivity index is 2.52. The average Bonchev–Trinajstić information content (AvgIpc) is 2.74. The number of nitrogens with zero attached hydrogens (tertiary/aromatic N) is 1. The van der Waals surface area contributed by atoms with E-state index in [0.29, 0.717) is 0 Å². The van der Waals surface area contributed by atoms with Crippen LogP contribution in [0.4, 0.5) is 0 Å². The van der Waals surface area contributed by atoms with Gasteiger partial charge in [0.1, 0.15) is 0 Å². The molecular weight excluding hydrogens is 210 g/mol. The van der Waals surface area contributed by atoms with Gasteiger partial charge >= 0.3 is 0 Å². The Morgan fingerprint density at radius 1 is 1.24 bits per heavy atom. The first-order valence-corrected chi connectivity index (χ1v) is 5.89. The molecule has 0 fully saturated rings. The minimum absolute atomic E-state index is 0.109. The van der Waals surface area contributed by atoms with Gasteiger partial charge in [-0.05, 0) is 36.6 Å². The second kappa shape index (κ2) is 4.58. The third-order valence-corrected chi connectivity index (χ3v) is 3.18. The molecule has 0 aliphatic heterocycles. The second-order valence-electron chi connectivity index (χ2n) is 4.29. The molecule has 1 heterocycles. The molecule has 2 heteroatoms. The minimum atomic E-state index is 0.109. The predicted molar refractivity (Wildman–Crippen MR) is 69.4 cm³/mol. The number of aromatic nitrogens is 1. The van der Waals surface area contributed by atoms with Crippen LogP contribution in [0.2, 0.25) is 0 Å². The zero-order valence-corrected chi connectivity index (χ0v) is 10.5. The van der Waals surface area contributed by atoms with E-state index in [-0.39, 0.29) is 5.78 Å². The highest BCUT2D eigenvalue weighted by atomic mass is 16.1. The van der Waals surface area contributed by atoms with Crippen molar-refractivity contribution >= 4 is 5.78 Å². The van der Waals surface area contributed by atoms with Gasteiger partial charge in [-0.3, -0.25) is 4.79 Å². The molecule has 0 aliphatic rings. The molecule has 2 aromatic rings. The second-order valence-corrected chi connectivity index (χ2v) is 4.29. The van der Waals surface area contributed by atoms with Crippen molar-refractivity contribution in [2.24, 2.45) is 7.05 Å². The first-order chi connectivity index (χ1) is 8.15. The van der Waals surface area contributed by atoms with Gasteiger partial charge in [0.2, 0.25) is 5.78 Å². The lowest BCUT2D eigenvalue weighted by atomic mass is 9.96. The highest BCUT2D eigenvalue weighted by molar-refractivity contribution is 6.09. The summed E-state index contributed by atoms with van der Waals surface area (Å²) in [4.78, 5) is 12.4. The maximum Gasteiger partial charge on any atom is 0.209 e. The first kappa shape index (κ1) is 11.6. The number of carbonyl (C=O) groups excluding carboxylic acids is 1. The lowest BCUT2D eigenvalue weighted by molar-refractivity contribution is 0.103. The lowest BCUT2D eigenvalue weighted by Gasteiger charge is -2.10. The molecule has 1 aromatic heterocycles. The molecule has 0 atom stereocenters. The van der Waals surface area contributed by atoms with Gasteiger partial charge in [-0.2, -0.15) is 0 Å². The molecule has 0 radical (unpaired) electrons. The van der Waals surface area contributed by atoms with E-state index in [1.165, 1.54) is 5.56 Å². The molecule has 0 spiro atoms. The van der Waals surface area contributed by atoms with Crippen molar-refractivity contribution in [3.8, 4) is 0 Å². The normalized spacial score (nSPS) is 10.5. The number of carbonyl (C=O) groups is 1. The summed E-state index contributed by atoms with van der Waals surface area (Å²) in [5, 5.41) is 0. The summed E-state index contributed by atoms with van der Waals surface area (Å²) >= 11 is 0. The Morgan fingerprint density at radius 3 is 2.59 bits per heavy atom. The van der Waals surface area contributed by atoms with E-state index < -0.39 is 0 Å². The van der Waals surface area contributed by atoms with E-state index in [0.717, 1.165) is 23.2 Å². The molecule has 0 bridgehead atoms. The molecule has 0 unspecified atom stereocenters. The Kier molecular flexibility index (Phi) is 3.14. The molecular formula is C15H17NO. The monoisotopic (exact) mass is 227 g/mol. The van der Waals surface area contributed by atoms with Crippen LogP contribution in [0, 0.1) is 6.92 Å². The van der Waals surface area contributed by atoms with Crippen LogP contribution in [-0.4, -0.2) is 10.4 Å². The molecule has 0 saturated carbocycles. The lowest BCUT2D eigenvalue weighted by Crippen LogP contribution is -2.10. The van der Waals surface area contributed by atoms with E-state index >= 15 is 0 Å². The van der Waals surface area contributed by atoms with Crippen molar-refractivity contribution in [2.45, 2.75) is 20.3 Å². The summed E-state index contributed by atoms with van der Waals surface area (Å²) in [5.74, 6) is 0.109. The summed E-state index contributed by atoms with van der Waals surface area (Å²) < 4.78 is 1.87. The van der Waals surface area contributed by atoms with E-state index in [4.69, 9.17) is 0 Å². The predicted octanol–water partition coefficient (Wildman–Crippen LogP) is 3.13. The zero-order valence-electron chi connectivity index (χ0n) is 10.5. The molecule has 0 N–H and O–H groups in total. The number of hydrogen-bond donors (Lipinski definition) is 0. The largest absolute Gasteiger partial charge is 0.348 e. The average molecular weight is 227 g/mol. The number of aryl methyl sites for hydroxylation is 2. The highest BCUT2D eigenvalue weighted by Crippen LogP contribution is 2.18. The summed E-state index contributed by atoms with van der Waals surface area (Å²) in [6.07, 6.45) is 2.78. The van der Waals surface area contributed by atoms with Crippen LogP contribution in [0.3, 0.4) is 0 Å². The smallest absolute Gasteiger partial charge is 0.209 e. The van der Waals surface area contributed by atoms with Gasteiger partial charge in [-0.15, -0.1) is 0 Å². The molecule has 2 rings (SSSR count). The molecule has 88 valence electrons. The Labute approximate surface area is 102 Å². The van der Waals surface area contributed by atoms with Crippen LogP contribution >= 0.6 is 0 Å². The van der Waals surface area contributed by atoms with Crippen LogP contribution in [0.1, 0.15) is 34.1 Å². The van der Waals surface area contributed by atoms with E-state index in [2.05, 4.69) is 19.9 Å². The molecule has 1 aromatic carbocycles. The van der Waals surface area contributed by atoms with Crippen molar-refractivity contribution in [1.82, 2.24) is 4.57 Å². The van der Waals surface area contributed by atoms with Crippen LogP contribution in [-0.2, 0) is 13.5 Å².